The lowest BCUT2D eigenvalue weighted by atomic mass is 10.1. The molecule has 0 saturated carbocycles. The zero-order valence-electron chi connectivity index (χ0n) is 15.6. The smallest absolute Gasteiger partial charge is 0.226 e. The number of aliphatic hydroxyl groups is 1. The Kier molecular flexibility index (Phi) is 9.20. The molecule has 2 rings (SSSR count). The number of rotatable bonds is 12. The van der Waals surface area contributed by atoms with Gasteiger partial charge in [-0.05, 0) is 24.1 Å². The van der Waals surface area contributed by atoms with E-state index in [1.54, 1.807) is 0 Å². The van der Waals surface area contributed by atoms with Crippen LogP contribution in [0.15, 0.2) is 24.3 Å². The van der Waals surface area contributed by atoms with Crippen molar-refractivity contribution < 1.29 is 24.2 Å². The second kappa shape index (κ2) is 11.7. The average molecular weight is 379 g/mol. The predicted octanol–water partition coefficient (Wildman–Crippen LogP) is 0.490. The van der Waals surface area contributed by atoms with Crippen molar-refractivity contribution in [1.82, 2.24) is 4.90 Å². The molecule has 2 amide bonds. The Morgan fingerprint density at radius 1 is 1.11 bits per heavy atom. The van der Waals surface area contributed by atoms with E-state index in [9.17, 15) is 14.7 Å². The van der Waals surface area contributed by atoms with Crippen molar-refractivity contribution in [2.75, 3.05) is 44.8 Å². The van der Waals surface area contributed by atoms with Gasteiger partial charge < -0.3 is 30.5 Å². The quantitative estimate of drug-likeness (QED) is 0.456. The van der Waals surface area contributed by atoms with E-state index in [2.05, 4.69) is 5.32 Å². The predicted molar refractivity (Wildman–Crippen MR) is 101 cm³/mol. The summed E-state index contributed by atoms with van der Waals surface area (Å²) in [5.41, 5.74) is 7.02. The van der Waals surface area contributed by atoms with Crippen molar-refractivity contribution >= 4 is 17.5 Å². The molecule has 0 bridgehead atoms. The lowest BCUT2D eigenvalue weighted by Gasteiger charge is -2.37. The summed E-state index contributed by atoms with van der Waals surface area (Å²) < 4.78 is 10.5. The number of nitrogens with zero attached hydrogens (tertiary/aromatic N) is 1. The standard InChI is InChI=1S/C19H29N3O5/c20-9-12-27-14-13-26-11-8-17(23)21-16-4-1-15(2-5-16)3-6-18(24)22-10-7-19(22)25/h1-2,4-5,19,25H,3,6-14,20H2,(H,21,23). The number of anilines is 1. The maximum atomic E-state index is 11.9. The number of carbonyl (C=O) groups excluding carboxylic acids is 2. The van der Waals surface area contributed by atoms with Gasteiger partial charge in [0, 0.05) is 31.6 Å². The number of amides is 2. The summed E-state index contributed by atoms with van der Waals surface area (Å²) in [7, 11) is 0. The molecule has 150 valence electrons. The Hall–Kier alpha value is -2.00. The van der Waals surface area contributed by atoms with Crippen molar-refractivity contribution in [1.29, 1.82) is 0 Å². The van der Waals surface area contributed by atoms with Gasteiger partial charge in [0.15, 0.2) is 0 Å². The highest BCUT2D eigenvalue weighted by Crippen LogP contribution is 2.17. The maximum absolute atomic E-state index is 11.9. The van der Waals surface area contributed by atoms with E-state index in [1.807, 2.05) is 24.3 Å². The molecule has 1 fully saturated rings. The summed E-state index contributed by atoms with van der Waals surface area (Å²) in [6.45, 7) is 2.87. The Morgan fingerprint density at radius 3 is 2.41 bits per heavy atom. The number of likely N-dealkylation sites (tertiary alicyclic amines) is 1. The molecule has 0 spiro atoms. The number of carbonyl (C=O) groups is 2. The van der Waals surface area contributed by atoms with Crippen LogP contribution in [0, 0.1) is 0 Å². The van der Waals surface area contributed by atoms with Gasteiger partial charge in [0.25, 0.3) is 0 Å². The SMILES string of the molecule is NCCOCCOCCC(=O)Nc1ccc(CCC(=O)N2CCC2O)cc1. The molecule has 8 nitrogen and oxygen atoms in total. The van der Waals surface area contributed by atoms with E-state index in [0.29, 0.717) is 64.5 Å². The molecule has 1 unspecified atom stereocenters. The van der Waals surface area contributed by atoms with Crippen LogP contribution in [-0.2, 0) is 25.5 Å². The molecule has 1 aromatic carbocycles. The lowest BCUT2D eigenvalue weighted by molar-refractivity contribution is -0.154. The first kappa shape index (κ1) is 21.3. The fraction of sp³-hybridized carbons (Fsp3) is 0.579. The van der Waals surface area contributed by atoms with E-state index >= 15 is 0 Å². The van der Waals surface area contributed by atoms with Crippen LogP contribution >= 0.6 is 0 Å². The molecule has 0 radical (unpaired) electrons. The van der Waals surface area contributed by atoms with E-state index in [0.717, 1.165) is 5.56 Å². The van der Waals surface area contributed by atoms with Crippen LogP contribution in [0.3, 0.4) is 0 Å². The second-order valence-electron chi connectivity index (χ2n) is 6.36. The zero-order valence-corrected chi connectivity index (χ0v) is 15.6. The second-order valence-corrected chi connectivity index (χ2v) is 6.36. The summed E-state index contributed by atoms with van der Waals surface area (Å²) >= 11 is 0. The molecule has 1 aliphatic rings. The molecule has 0 aliphatic carbocycles. The molecule has 1 heterocycles. The summed E-state index contributed by atoms with van der Waals surface area (Å²) in [4.78, 5) is 25.3. The van der Waals surface area contributed by atoms with Crippen molar-refractivity contribution in [3.8, 4) is 0 Å². The average Bonchev–Trinajstić information content (AvgIpc) is 2.65. The van der Waals surface area contributed by atoms with E-state index in [-0.39, 0.29) is 18.2 Å². The van der Waals surface area contributed by atoms with E-state index < -0.39 is 6.23 Å². The van der Waals surface area contributed by atoms with Gasteiger partial charge in [0.2, 0.25) is 11.8 Å². The van der Waals surface area contributed by atoms with Crippen LogP contribution in [-0.4, -0.2) is 67.6 Å². The minimum Gasteiger partial charge on any atom is -0.379 e. The minimum absolute atomic E-state index is 0.0282. The fourth-order valence-electron chi connectivity index (χ4n) is 2.61. The summed E-state index contributed by atoms with van der Waals surface area (Å²) in [6.07, 6.45) is 1.29. The van der Waals surface area contributed by atoms with Gasteiger partial charge in [-0.15, -0.1) is 0 Å². The highest BCUT2D eigenvalue weighted by atomic mass is 16.5. The van der Waals surface area contributed by atoms with Gasteiger partial charge in [-0.25, -0.2) is 0 Å². The molecule has 1 atom stereocenters. The zero-order chi connectivity index (χ0) is 19.5. The first-order chi connectivity index (χ1) is 13.1. The molecule has 4 N–H and O–H groups in total. The third-order valence-electron chi connectivity index (χ3n) is 4.28. The van der Waals surface area contributed by atoms with Crippen LogP contribution in [0.25, 0.3) is 0 Å². The molecule has 8 heteroatoms. The topological polar surface area (TPSA) is 114 Å². The number of hydrogen-bond donors (Lipinski definition) is 3. The number of benzene rings is 1. The Morgan fingerprint density at radius 2 is 1.81 bits per heavy atom. The number of aryl methyl sites for hydroxylation is 1. The molecule has 1 aromatic rings. The van der Waals surface area contributed by atoms with E-state index in [1.165, 1.54) is 4.90 Å². The number of nitrogens with one attached hydrogen (secondary N) is 1. The summed E-state index contributed by atoms with van der Waals surface area (Å²) in [6, 6.07) is 7.41. The van der Waals surface area contributed by atoms with Crippen LogP contribution in [0.4, 0.5) is 5.69 Å². The Balaban J connectivity index is 1.60. The highest BCUT2D eigenvalue weighted by molar-refractivity contribution is 5.90. The lowest BCUT2D eigenvalue weighted by Crippen LogP contribution is -2.50. The van der Waals surface area contributed by atoms with Crippen LogP contribution < -0.4 is 11.1 Å². The largest absolute Gasteiger partial charge is 0.379 e. The van der Waals surface area contributed by atoms with Crippen molar-refractivity contribution in [3.63, 3.8) is 0 Å². The van der Waals surface area contributed by atoms with Crippen molar-refractivity contribution in [2.24, 2.45) is 5.73 Å². The Labute approximate surface area is 159 Å². The van der Waals surface area contributed by atoms with Crippen LogP contribution in [0.5, 0.6) is 0 Å². The first-order valence-corrected chi connectivity index (χ1v) is 9.32. The van der Waals surface area contributed by atoms with Gasteiger partial charge in [-0.3, -0.25) is 9.59 Å². The number of ether oxygens (including phenoxy) is 2. The van der Waals surface area contributed by atoms with Gasteiger partial charge in [-0.2, -0.15) is 0 Å². The van der Waals surface area contributed by atoms with Gasteiger partial charge in [0.1, 0.15) is 6.23 Å². The minimum atomic E-state index is -0.613. The first-order valence-electron chi connectivity index (χ1n) is 9.32. The number of nitrogens with two attached hydrogens (primary N) is 1. The fourth-order valence-corrected chi connectivity index (χ4v) is 2.61. The van der Waals surface area contributed by atoms with E-state index in [4.69, 9.17) is 15.2 Å². The van der Waals surface area contributed by atoms with Gasteiger partial charge >= 0.3 is 0 Å². The normalized spacial score (nSPS) is 16.1. The van der Waals surface area contributed by atoms with Gasteiger partial charge in [0.05, 0.1) is 32.8 Å². The monoisotopic (exact) mass is 379 g/mol. The van der Waals surface area contributed by atoms with Crippen LogP contribution in [0.2, 0.25) is 0 Å². The maximum Gasteiger partial charge on any atom is 0.226 e. The van der Waals surface area contributed by atoms with Crippen molar-refractivity contribution in [3.05, 3.63) is 29.8 Å². The number of hydrogen-bond acceptors (Lipinski definition) is 6. The highest BCUT2D eigenvalue weighted by Gasteiger charge is 2.29. The van der Waals surface area contributed by atoms with Crippen molar-refractivity contribution in [2.45, 2.75) is 31.9 Å². The van der Waals surface area contributed by atoms with Crippen LogP contribution in [0.1, 0.15) is 24.8 Å². The molecule has 0 aromatic heterocycles. The Bertz CT molecular complexity index is 594. The summed E-state index contributed by atoms with van der Waals surface area (Å²) in [5, 5.41) is 12.3. The molecule has 1 saturated heterocycles. The third kappa shape index (κ3) is 7.64. The molecular weight excluding hydrogens is 350 g/mol. The summed E-state index contributed by atoms with van der Waals surface area (Å²) in [5.74, 6) is -0.146. The molecular formula is C19H29N3O5. The number of aliphatic hydroxyl groups excluding tert-OH is 1. The molecule has 1 aliphatic heterocycles. The third-order valence-corrected chi connectivity index (χ3v) is 4.28. The van der Waals surface area contributed by atoms with Gasteiger partial charge in [-0.1, -0.05) is 12.1 Å². The molecule has 27 heavy (non-hydrogen) atoms.